The van der Waals surface area contributed by atoms with Gasteiger partial charge in [-0.2, -0.15) is 0 Å². The highest BCUT2D eigenvalue weighted by Gasteiger charge is 1.99. The van der Waals surface area contributed by atoms with Gasteiger partial charge in [0.05, 0.1) is 11.0 Å². The maximum Gasteiger partial charge on any atom is 0.314 e. The molecule has 0 aliphatic heterocycles. The van der Waals surface area contributed by atoms with Crippen molar-refractivity contribution < 1.29 is 0 Å². The molecule has 2 N–H and O–H groups in total. The Labute approximate surface area is 73.2 Å². The molecule has 0 aliphatic carbocycles. The third kappa shape index (κ3) is 1.16. The van der Waals surface area contributed by atoms with Crippen molar-refractivity contribution in [2.45, 2.75) is 6.92 Å². The second kappa shape index (κ2) is 2.58. The van der Waals surface area contributed by atoms with E-state index in [4.69, 9.17) is 0 Å². The van der Waals surface area contributed by atoms with Crippen LogP contribution in [0.5, 0.6) is 0 Å². The number of rotatable bonds is 0. The number of aryl methyl sites for hydroxylation is 1. The van der Waals surface area contributed by atoms with Crippen molar-refractivity contribution in [3.8, 4) is 0 Å². The molecule has 0 bridgehead atoms. The van der Waals surface area contributed by atoms with Crippen LogP contribution in [0.3, 0.4) is 0 Å². The summed E-state index contributed by atoms with van der Waals surface area (Å²) >= 11 is 0. The molecule has 0 spiro atoms. The standard InChI is InChI=1S/C9H8N2O2/c1-5-3-2-4-6-7(5)11-9(13)8(12)10-6/h2-4H,1H3,(H,10,12)(H,11,13). The van der Waals surface area contributed by atoms with Gasteiger partial charge in [-0.05, 0) is 18.6 Å². The highest BCUT2D eigenvalue weighted by molar-refractivity contribution is 5.76. The minimum absolute atomic E-state index is 0.609. The number of hydrogen-bond donors (Lipinski definition) is 2. The Kier molecular flexibility index (Phi) is 1.55. The molecule has 66 valence electrons. The molecular formula is C9H8N2O2. The normalized spacial score (nSPS) is 10.5. The van der Waals surface area contributed by atoms with E-state index in [2.05, 4.69) is 9.97 Å². The molecular weight excluding hydrogens is 168 g/mol. The first kappa shape index (κ1) is 7.79. The van der Waals surface area contributed by atoms with E-state index in [0.717, 1.165) is 5.56 Å². The third-order valence-corrected chi connectivity index (χ3v) is 1.97. The zero-order valence-electron chi connectivity index (χ0n) is 7.05. The van der Waals surface area contributed by atoms with Crippen molar-refractivity contribution >= 4 is 11.0 Å². The maximum absolute atomic E-state index is 11.0. The number of para-hydroxylation sites is 1. The van der Waals surface area contributed by atoms with Crippen LogP contribution in [-0.4, -0.2) is 9.97 Å². The van der Waals surface area contributed by atoms with E-state index in [1.54, 1.807) is 6.07 Å². The van der Waals surface area contributed by atoms with Gasteiger partial charge in [-0.15, -0.1) is 0 Å². The van der Waals surface area contributed by atoms with Crippen LogP contribution in [0, 0.1) is 6.92 Å². The van der Waals surface area contributed by atoms with Crippen LogP contribution in [-0.2, 0) is 0 Å². The van der Waals surface area contributed by atoms with Gasteiger partial charge in [-0.1, -0.05) is 12.1 Å². The molecule has 0 radical (unpaired) electrons. The highest BCUT2D eigenvalue weighted by Crippen LogP contribution is 2.09. The van der Waals surface area contributed by atoms with E-state index >= 15 is 0 Å². The zero-order chi connectivity index (χ0) is 9.42. The average Bonchev–Trinajstić information content (AvgIpc) is 2.09. The predicted molar refractivity (Wildman–Crippen MR) is 49.9 cm³/mol. The summed E-state index contributed by atoms with van der Waals surface area (Å²) < 4.78 is 0. The van der Waals surface area contributed by atoms with Crippen molar-refractivity contribution in [1.82, 2.24) is 9.97 Å². The lowest BCUT2D eigenvalue weighted by Gasteiger charge is -1.99. The topological polar surface area (TPSA) is 65.7 Å². The van der Waals surface area contributed by atoms with Gasteiger partial charge < -0.3 is 9.97 Å². The summed E-state index contributed by atoms with van der Waals surface area (Å²) in [5.41, 5.74) is 1.06. The van der Waals surface area contributed by atoms with Crippen LogP contribution < -0.4 is 11.1 Å². The Morgan fingerprint density at radius 3 is 2.54 bits per heavy atom. The molecule has 0 amide bonds. The Morgan fingerprint density at radius 2 is 1.77 bits per heavy atom. The summed E-state index contributed by atoms with van der Waals surface area (Å²) in [6, 6.07) is 5.45. The van der Waals surface area contributed by atoms with Crippen LogP contribution in [0.25, 0.3) is 11.0 Å². The number of hydrogen-bond acceptors (Lipinski definition) is 2. The SMILES string of the molecule is Cc1cccc2[nH]c(=O)c(=O)[nH]c12. The van der Waals surface area contributed by atoms with E-state index in [1.165, 1.54) is 0 Å². The van der Waals surface area contributed by atoms with Gasteiger partial charge in [-0.25, -0.2) is 0 Å². The van der Waals surface area contributed by atoms with Gasteiger partial charge in [0.2, 0.25) is 0 Å². The van der Waals surface area contributed by atoms with Crippen molar-refractivity contribution in [3.63, 3.8) is 0 Å². The number of H-pyrrole nitrogens is 2. The fourth-order valence-electron chi connectivity index (χ4n) is 1.29. The summed E-state index contributed by atoms with van der Waals surface area (Å²) in [6.45, 7) is 1.87. The zero-order valence-corrected chi connectivity index (χ0v) is 7.05. The first-order valence-corrected chi connectivity index (χ1v) is 3.90. The third-order valence-electron chi connectivity index (χ3n) is 1.97. The fraction of sp³-hybridized carbons (Fsp3) is 0.111. The largest absolute Gasteiger partial charge is 0.316 e. The maximum atomic E-state index is 11.0. The van der Waals surface area contributed by atoms with E-state index in [1.807, 2.05) is 19.1 Å². The van der Waals surface area contributed by atoms with Gasteiger partial charge in [0.1, 0.15) is 0 Å². The number of benzene rings is 1. The van der Waals surface area contributed by atoms with Crippen LogP contribution in [0.4, 0.5) is 0 Å². The monoisotopic (exact) mass is 176 g/mol. The molecule has 4 heteroatoms. The number of fused-ring (bicyclic) bond motifs is 1. The van der Waals surface area contributed by atoms with Crippen molar-refractivity contribution in [2.24, 2.45) is 0 Å². The minimum Gasteiger partial charge on any atom is -0.316 e. The number of aromatic nitrogens is 2. The fourth-order valence-corrected chi connectivity index (χ4v) is 1.29. The number of nitrogens with one attached hydrogen (secondary N) is 2. The first-order chi connectivity index (χ1) is 6.18. The van der Waals surface area contributed by atoms with Gasteiger partial charge in [0.15, 0.2) is 0 Å². The Morgan fingerprint density at radius 1 is 1.08 bits per heavy atom. The highest BCUT2D eigenvalue weighted by atomic mass is 16.2. The Hall–Kier alpha value is -1.84. The number of aromatic amines is 2. The average molecular weight is 176 g/mol. The van der Waals surface area contributed by atoms with Gasteiger partial charge >= 0.3 is 11.1 Å². The molecule has 0 fully saturated rings. The van der Waals surface area contributed by atoms with Crippen molar-refractivity contribution in [3.05, 3.63) is 44.5 Å². The van der Waals surface area contributed by atoms with E-state index in [-0.39, 0.29) is 0 Å². The molecule has 0 atom stereocenters. The van der Waals surface area contributed by atoms with Crippen LogP contribution in [0.2, 0.25) is 0 Å². The lowest BCUT2D eigenvalue weighted by Crippen LogP contribution is -2.29. The molecule has 4 nitrogen and oxygen atoms in total. The predicted octanol–water partition coefficient (Wildman–Crippen LogP) is 0.525. The molecule has 0 aliphatic rings. The van der Waals surface area contributed by atoms with Crippen LogP contribution in [0.1, 0.15) is 5.56 Å². The lowest BCUT2D eigenvalue weighted by molar-refractivity contribution is 1.14. The summed E-state index contributed by atoms with van der Waals surface area (Å²) in [5.74, 6) is 0. The molecule has 0 saturated heterocycles. The van der Waals surface area contributed by atoms with Crippen LogP contribution in [0.15, 0.2) is 27.8 Å². The van der Waals surface area contributed by atoms with E-state index < -0.39 is 11.1 Å². The summed E-state index contributed by atoms with van der Waals surface area (Å²) in [6.07, 6.45) is 0. The van der Waals surface area contributed by atoms with E-state index in [9.17, 15) is 9.59 Å². The minimum atomic E-state index is -0.613. The lowest BCUT2D eigenvalue weighted by atomic mass is 10.2. The summed E-state index contributed by atoms with van der Waals surface area (Å²) in [5, 5.41) is 0. The Balaban J connectivity index is 3.06. The second-order valence-electron chi connectivity index (χ2n) is 2.91. The molecule has 13 heavy (non-hydrogen) atoms. The van der Waals surface area contributed by atoms with Crippen LogP contribution >= 0.6 is 0 Å². The molecule has 2 rings (SSSR count). The smallest absolute Gasteiger partial charge is 0.314 e. The molecule has 1 aromatic carbocycles. The Bertz CT molecular complexity index is 566. The molecule has 1 heterocycles. The summed E-state index contributed by atoms with van der Waals surface area (Å²) in [4.78, 5) is 27.0. The second-order valence-corrected chi connectivity index (χ2v) is 2.91. The van der Waals surface area contributed by atoms with Crippen molar-refractivity contribution in [1.29, 1.82) is 0 Å². The molecule has 0 saturated carbocycles. The first-order valence-electron chi connectivity index (χ1n) is 3.90. The van der Waals surface area contributed by atoms with Gasteiger partial charge in [-0.3, -0.25) is 9.59 Å². The van der Waals surface area contributed by atoms with Crippen molar-refractivity contribution in [2.75, 3.05) is 0 Å². The quantitative estimate of drug-likeness (QED) is 0.575. The molecule has 1 aromatic heterocycles. The van der Waals surface area contributed by atoms with Gasteiger partial charge in [0, 0.05) is 0 Å². The van der Waals surface area contributed by atoms with E-state index in [0.29, 0.717) is 11.0 Å². The van der Waals surface area contributed by atoms with Gasteiger partial charge in [0.25, 0.3) is 0 Å². The summed E-state index contributed by atoms with van der Waals surface area (Å²) in [7, 11) is 0. The molecule has 0 unspecified atom stereocenters. The molecule has 2 aromatic rings.